The maximum Gasteiger partial charge on any atom is 0.416 e. The van der Waals surface area contributed by atoms with Crippen LogP contribution in [0, 0.1) is 13.8 Å². The number of aromatic amines is 1. The predicted molar refractivity (Wildman–Crippen MR) is 71.8 cm³/mol. The number of nitrogens with one attached hydrogen (secondary N) is 2. The van der Waals surface area contributed by atoms with E-state index >= 15 is 0 Å². The molecule has 0 fully saturated rings. The molecule has 21 heavy (non-hydrogen) atoms. The molecule has 7 heteroatoms. The summed E-state index contributed by atoms with van der Waals surface area (Å²) in [6, 6.07) is 4.54. The fourth-order valence-electron chi connectivity index (χ4n) is 1.97. The maximum absolute atomic E-state index is 12.6. The molecule has 1 amide bonds. The zero-order chi connectivity index (χ0) is 15.6. The van der Waals surface area contributed by atoms with E-state index < -0.39 is 11.7 Å². The van der Waals surface area contributed by atoms with Crippen LogP contribution in [0.3, 0.4) is 0 Å². The molecule has 0 unspecified atom stereocenters. The Bertz CT molecular complexity index is 642. The number of amides is 1. The highest BCUT2D eigenvalue weighted by atomic mass is 19.4. The van der Waals surface area contributed by atoms with Crippen LogP contribution in [0.25, 0.3) is 0 Å². The molecule has 0 atom stereocenters. The van der Waals surface area contributed by atoms with Gasteiger partial charge in [-0.25, -0.2) is 0 Å². The number of aromatic nitrogens is 2. The highest BCUT2D eigenvalue weighted by Crippen LogP contribution is 2.30. The van der Waals surface area contributed by atoms with Gasteiger partial charge in [0.05, 0.1) is 17.7 Å². The molecule has 2 aromatic rings. The zero-order valence-corrected chi connectivity index (χ0v) is 11.5. The summed E-state index contributed by atoms with van der Waals surface area (Å²) in [5.74, 6) is -0.387. The molecule has 0 radical (unpaired) electrons. The third-order valence-electron chi connectivity index (χ3n) is 3.09. The number of carbonyl (C=O) groups excluding carboxylic acids is 1. The lowest BCUT2D eigenvalue weighted by molar-refractivity contribution is -0.137. The number of H-pyrrole nitrogens is 1. The van der Waals surface area contributed by atoms with Gasteiger partial charge in [-0.15, -0.1) is 0 Å². The standard InChI is InChI=1S/C14H14F3N3O/c1-8-12(9(2)20-19-8)7-13(21)18-11-5-3-4-10(6-11)14(15,16)17/h3-6H,7H2,1-2H3,(H,18,21)(H,19,20). The quantitative estimate of drug-likeness (QED) is 0.914. The molecule has 0 saturated heterocycles. The van der Waals surface area contributed by atoms with Gasteiger partial charge in [-0.05, 0) is 32.0 Å². The number of alkyl halides is 3. The molecule has 0 aliphatic carbocycles. The van der Waals surface area contributed by atoms with Crippen molar-refractivity contribution in [2.75, 3.05) is 5.32 Å². The summed E-state index contributed by atoms with van der Waals surface area (Å²) in [7, 11) is 0. The first-order valence-electron chi connectivity index (χ1n) is 6.25. The molecule has 2 rings (SSSR count). The summed E-state index contributed by atoms with van der Waals surface area (Å²) in [5, 5.41) is 9.19. The van der Waals surface area contributed by atoms with Crippen LogP contribution < -0.4 is 5.32 Å². The molecule has 1 heterocycles. The lowest BCUT2D eigenvalue weighted by Crippen LogP contribution is -2.16. The highest BCUT2D eigenvalue weighted by Gasteiger charge is 2.30. The molecule has 0 aliphatic rings. The van der Waals surface area contributed by atoms with Crippen molar-refractivity contribution in [2.45, 2.75) is 26.4 Å². The number of nitrogens with zero attached hydrogens (tertiary/aromatic N) is 1. The minimum Gasteiger partial charge on any atom is -0.326 e. The minimum atomic E-state index is -4.43. The van der Waals surface area contributed by atoms with Gasteiger partial charge in [0, 0.05) is 16.9 Å². The third kappa shape index (κ3) is 3.62. The molecule has 0 bridgehead atoms. The summed E-state index contributed by atoms with van der Waals surface area (Å²) in [6.45, 7) is 3.54. The Labute approximate surface area is 119 Å². The van der Waals surface area contributed by atoms with E-state index in [4.69, 9.17) is 0 Å². The van der Waals surface area contributed by atoms with Crippen molar-refractivity contribution >= 4 is 11.6 Å². The molecule has 4 nitrogen and oxygen atoms in total. The van der Waals surface area contributed by atoms with Crippen molar-refractivity contribution in [2.24, 2.45) is 0 Å². The fourth-order valence-corrected chi connectivity index (χ4v) is 1.97. The Hall–Kier alpha value is -2.31. The summed E-state index contributed by atoms with van der Waals surface area (Å²) in [4.78, 5) is 11.9. The second-order valence-electron chi connectivity index (χ2n) is 4.72. The Morgan fingerprint density at radius 1 is 1.33 bits per heavy atom. The molecule has 1 aromatic carbocycles. The molecule has 2 N–H and O–H groups in total. The molecule has 1 aromatic heterocycles. The third-order valence-corrected chi connectivity index (χ3v) is 3.09. The summed E-state index contributed by atoms with van der Waals surface area (Å²) >= 11 is 0. The van der Waals surface area contributed by atoms with Crippen LogP contribution in [0.2, 0.25) is 0 Å². The Morgan fingerprint density at radius 3 is 2.62 bits per heavy atom. The normalized spacial score (nSPS) is 11.5. The second kappa shape index (κ2) is 5.59. The summed E-state index contributed by atoms with van der Waals surface area (Å²) in [5.41, 5.74) is 1.54. The first-order valence-corrected chi connectivity index (χ1v) is 6.25. The number of benzene rings is 1. The van der Waals surface area contributed by atoms with Crippen molar-refractivity contribution in [3.63, 3.8) is 0 Å². The minimum absolute atomic E-state index is 0.0599. The number of rotatable bonds is 3. The number of aryl methyl sites for hydroxylation is 2. The molecular formula is C14H14F3N3O. The van der Waals surface area contributed by atoms with Crippen LogP contribution in [0.4, 0.5) is 18.9 Å². The number of hydrogen-bond acceptors (Lipinski definition) is 2. The summed E-state index contributed by atoms with van der Waals surface area (Å²) in [6.07, 6.45) is -4.37. The molecule has 0 spiro atoms. The number of carbonyl (C=O) groups is 1. The lowest BCUT2D eigenvalue weighted by Gasteiger charge is -2.10. The van der Waals surface area contributed by atoms with Gasteiger partial charge in [0.15, 0.2) is 0 Å². The number of hydrogen-bond donors (Lipinski definition) is 2. The van der Waals surface area contributed by atoms with Crippen molar-refractivity contribution in [1.82, 2.24) is 10.2 Å². The first kappa shape index (κ1) is 15.1. The van der Waals surface area contributed by atoms with E-state index in [0.717, 1.165) is 23.4 Å². The van der Waals surface area contributed by atoms with E-state index in [0.29, 0.717) is 5.69 Å². The Balaban J connectivity index is 2.10. The monoisotopic (exact) mass is 297 g/mol. The van der Waals surface area contributed by atoms with Crippen LogP contribution in [0.5, 0.6) is 0 Å². The summed E-state index contributed by atoms with van der Waals surface area (Å²) < 4.78 is 37.8. The lowest BCUT2D eigenvalue weighted by atomic mass is 10.1. The SMILES string of the molecule is Cc1n[nH]c(C)c1CC(=O)Nc1cccc(C(F)(F)F)c1. The van der Waals surface area contributed by atoms with Crippen LogP contribution in [-0.2, 0) is 17.4 Å². The van der Waals surface area contributed by atoms with Gasteiger partial charge in [0.2, 0.25) is 5.91 Å². The Kier molecular flexibility index (Phi) is 4.02. The van der Waals surface area contributed by atoms with Gasteiger partial charge in [0.1, 0.15) is 0 Å². The zero-order valence-electron chi connectivity index (χ0n) is 11.5. The maximum atomic E-state index is 12.6. The smallest absolute Gasteiger partial charge is 0.326 e. The van der Waals surface area contributed by atoms with Gasteiger partial charge < -0.3 is 5.32 Å². The first-order chi connectivity index (χ1) is 9.77. The van der Waals surface area contributed by atoms with E-state index in [1.54, 1.807) is 13.8 Å². The van der Waals surface area contributed by atoms with Crippen molar-refractivity contribution in [3.8, 4) is 0 Å². The van der Waals surface area contributed by atoms with Gasteiger partial charge >= 0.3 is 6.18 Å². The van der Waals surface area contributed by atoms with E-state index in [9.17, 15) is 18.0 Å². The van der Waals surface area contributed by atoms with Crippen LogP contribution in [-0.4, -0.2) is 16.1 Å². The average molecular weight is 297 g/mol. The molecule has 0 saturated carbocycles. The molecule has 0 aliphatic heterocycles. The average Bonchev–Trinajstić information content (AvgIpc) is 2.70. The fraction of sp³-hybridized carbons (Fsp3) is 0.286. The van der Waals surface area contributed by atoms with Gasteiger partial charge in [-0.1, -0.05) is 6.07 Å². The van der Waals surface area contributed by atoms with Gasteiger partial charge in [0.25, 0.3) is 0 Å². The largest absolute Gasteiger partial charge is 0.416 e. The van der Waals surface area contributed by atoms with Gasteiger partial charge in [-0.3, -0.25) is 9.89 Å². The highest BCUT2D eigenvalue weighted by molar-refractivity contribution is 5.92. The van der Waals surface area contributed by atoms with E-state index in [1.807, 2.05) is 0 Å². The molecule has 112 valence electrons. The number of halogens is 3. The van der Waals surface area contributed by atoms with Gasteiger partial charge in [-0.2, -0.15) is 18.3 Å². The van der Waals surface area contributed by atoms with E-state index in [2.05, 4.69) is 15.5 Å². The van der Waals surface area contributed by atoms with Crippen molar-refractivity contribution in [3.05, 3.63) is 46.8 Å². The second-order valence-corrected chi connectivity index (χ2v) is 4.72. The topological polar surface area (TPSA) is 57.8 Å². The number of anilines is 1. The van der Waals surface area contributed by atoms with Crippen molar-refractivity contribution in [1.29, 1.82) is 0 Å². The Morgan fingerprint density at radius 2 is 2.05 bits per heavy atom. The van der Waals surface area contributed by atoms with E-state index in [-0.39, 0.29) is 18.0 Å². The van der Waals surface area contributed by atoms with E-state index in [1.165, 1.54) is 12.1 Å². The van der Waals surface area contributed by atoms with Crippen LogP contribution >= 0.6 is 0 Å². The van der Waals surface area contributed by atoms with Crippen molar-refractivity contribution < 1.29 is 18.0 Å². The van der Waals surface area contributed by atoms with Crippen LogP contribution in [0.15, 0.2) is 24.3 Å². The predicted octanol–water partition coefficient (Wildman–Crippen LogP) is 3.23. The van der Waals surface area contributed by atoms with Crippen LogP contribution in [0.1, 0.15) is 22.5 Å². The molecular weight excluding hydrogens is 283 g/mol.